The van der Waals surface area contributed by atoms with Crippen molar-refractivity contribution in [2.24, 2.45) is 0 Å². The van der Waals surface area contributed by atoms with E-state index >= 15 is 0 Å². The lowest BCUT2D eigenvalue weighted by atomic mass is 10.0. The van der Waals surface area contributed by atoms with Gasteiger partial charge in [-0.3, -0.25) is 9.59 Å². The highest BCUT2D eigenvalue weighted by Gasteiger charge is 2.24. The third-order valence-corrected chi connectivity index (χ3v) is 5.69. The molecule has 4 rings (SSSR count). The summed E-state index contributed by atoms with van der Waals surface area (Å²) in [6.07, 6.45) is 2.29. The molecule has 2 aromatic heterocycles. The van der Waals surface area contributed by atoms with Crippen LogP contribution < -0.4 is 5.32 Å². The Balaban J connectivity index is 1.22. The largest absolute Gasteiger partial charge is 0.421 e. The van der Waals surface area contributed by atoms with Crippen molar-refractivity contribution in [2.75, 3.05) is 13.1 Å². The molecule has 1 aliphatic heterocycles. The SMILES string of the molecule is O=C(NC1CCN(C(=O)CCc2nnc(-c3ccsc3)o2)CC1)c1ccccc1. The minimum Gasteiger partial charge on any atom is -0.421 e. The van der Waals surface area contributed by atoms with Gasteiger partial charge in [0.15, 0.2) is 0 Å². The van der Waals surface area contributed by atoms with Crippen molar-refractivity contribution < 1.29 is 14.0 Å². The highest BCUT2D eigenvalue weighted by atomic mass is 32.1. The fourth-order valence-corrected chi connectivity index (χ4v) is 3.99. The van der Waals surface area contributed by atoms with Crippen molar-refractivity contribution in [3.8, 4) is 11.5 Å². The maximum atomic E-state index is 12.5. The Hall–Kier alpha value is -3.00. The molecule has 1 fully saturated rings. The van der Waals surface area contributed by atoms with Crippen LogP contribution in [-0.2, 0) is 11.2 Å². The van der Waals surface area contributed by atoms with Crippen LogP contribution in [0.25, 0.3) is 11.5 Å². The highest BCUT2D eigenvalue weighted by Crippen LogP contribution is 2.21. The van der Waals surface area contributed by atoms with Gasteiger partial charge in [-0.2, -0.15) is 11.3 Å². The molecule has 7 nitrogen and oxygen atoms in total. The standard InChI is InChI=1S/C21H22N4O3S/c26-19(7-6-18-23-24-21(28-18)16-10-13-29-14-16)25-11-8-17(9-12-25)22-20(27)15-4-2-1-3-5-15/h1-5,10,13-14,17H,6-9,11-12H2,(H,22,27). The van der Waals surface area contributed by atoms with Crippen molar-refractivity contribution in [3.63, 3.8) is 0 Å². The molecule has 0 aliphatic carbocycles. The topological polar surface area (TPSA) is 88.3 Å². The first-order valence-corrected chi connectivity index (χ1v) is 10.6. The first-order chi connectivity index (χ1) is 14.2. The smallest absolute Gasteiger partial charge is 0.251 e. The molecule has 0 saturated carbocycles. The number of carbonyl (C=O) groups is 2. The van der Waals surface area contributed by atoms with Gasteiger partial charge in [0.05, 0.1) is 0 Å². The van der Waals surface area contributed by atoms with Gasteiger partial charge in [0, 0.05) is 48.5 Å². The van der Waals surface area contributed by atoms with Crippen molar-refractivity contribution in [2.45, 2.75) is 31.7 Å². The second-order valence-corrected chi connectivity index (χ2v) is 7.79. The fourth-order valence-electron chi connectivity index (χ4n) is 3.36. The van der Waals surface area contributed by atoms with E-state index in [0.717, 1.165) is 18.4 Å². The molecule has 0 unspecified atom stereocenters. The minimum atomic E-state index is -0.0619. The fraction of sp³-hybridized carbons (Fsp3) is 0.333. The molecule has 0 spiro atoms. The van der Waals surface area contributed by atoms with Crippen LogP contribution in [0.3, 0.4) is 0 Å². The van der Waals surface area contributed by atoms with Gasteiger partial charge in [0.2, 0.25) is 17.7 Å². The average Bonchev–Trinajstić information content (AvgIpc) is 3.45. The number of benzene rings is 1. The van der Waals surface area contributed by atoms with Gasteiger partial charge < -0.3 is 14.6 Å². The zero-order chi connectivity index (χ0) is 20.1. The summed E-state index contributed by atoms with van der Waals surface area (Å²) in [5, 5.41) is 15.0. The molecule has 1 N–H and O–H groups in total. The zero-order valence-electron chi connectivity index (χ0n) is 15.9. The van der Waals surface area contributed by atoms with Crippen molar-refractivity contribution in [3.05, 3.63) is 58.6 Å². The number of piperidine rings is 1. The highest BCUT2D eigenvalue weighted by molar-refractivity contribution is 7.08. The van der Waals surface area contributed by atoms with E-state index < -0.39 is 0 Å². The van der Waals surface area contributed by atoms with Crippen LogP contribution in [0.2, 0.25) is 0 Å². The van der Waals surface area contributed by atoms with Gasteiger partial charge in [-0.15, -0.1) is 10.2 Å². The summed E-state index contributed by atoms with van der Waals surface area (Å²) < 4.78 is 5.63. The van der Waals surface area contributed by atoms with E-state index in [-0.39, 0.29) is 17.9 Å². The molecule has 1 aliphatic rings. The van der Waals surface area contributed by atoms with Crippen molar-refractivity contribution in [1.82, 2.24) is 20.4 Å². The predicted octanol–water partition coefficient (Wildman–Crippen LogP) is 3.15. The second kappa shape index (κ2) is 9.00. The summed E-state index contributed by atoms with van der Waals surface area (Å²) in [7, 11) is 0. The van der Waals surface area contributed by atoms with E-state index in [9.17, 15) is 9.59 Å². The Labute approximate surface area is 172 Å². The molecule has 150 valence electrons. The van der Waals surface area contributed by atoms with Crippen molar-refractivity contribution in [1.29, 1.82) is 0 Å². The van der Waals surface area contributed by atoms with Crippen LogP contribution >= 0.6 is 11.3 Å². The van der Waals surface area contributed by atoms with Crippen molar-refractivity contribution >= 4 is 23.2 Å². The average molecular weight is 410 g/mol. The normalized spacial score (nSPS) is 14.7. The summed E-state index contributed by atoms with van der Waals surface area (Å²) in [4.78, 5) is 26.6. The Bertz CT molecular complexity index is 947. The molecule has 2 amide bonds. The minimum absolute atomic E-state index is 0.0619. The van der Waals surface area contributed by atoms with Crippen LogP contribution in [0, 0.1) is 0 Å². The number of aromatic nitrogens is 2. The van der Waals surface area contributed by atoms with Gasteiger partial charge in [0.25, 0.3) is 5.91 Å². The molecule has 3 aromatic rings. The molecule has 8 heteroatoms. The van der Waals surface area contributed by atoms with Gasteiger partial charge in [-0.05, 0) is 36.4 Å². The second-order valence-electron chi connectivity index (χ2n) is 7.01. The molecular weight excluding hydrogens is 388 g/mol. The Morgan fingerprint density at radius 2 is 1.93 bits per heavy atom. The third-order valence-electron chi connectivity index (χ3n) is 5.01. The maximum Gasteiger partial charge on any atom is 0.251 e. The molecule has 1 saturated heterocycles. The number of aryl methyl sites for hydroxylation is 1. The summed E-state index contributed by atoms with van der Waals surface area (Å²) in [6, 6.07) is 11.2. The first-order valence-electron chi connectivity index (χ1n) is 9.67. The number of likely N-dealkylation sites (tertiary alicyclic amines) is 1. The summed E-state index contributed by atoms with van der Waals surface area (Å²) >= 11 is 1.57. The maximum absolute atomic E-state index is 12.5. The number of hydrogen-bond donors (Lipinski definition) is 1. The van der Waals surface area contributed by atoms with E-state index in [2.05, 4.69) is 15.5 Å². The number of carbonyl (C=O) groups excluding carboxylic acids is 2. The monoisotopic (exact) mass is 410 g/mol. The van der Waals surface area contributed by atoms with Crippen LogP contribution in [0.5, 0.6) is 0 Å². The van der Waals surface area contributed by atoms with E-state index in [0.29, 0.717) is 43.3 Å². The lowest BCUT2D eigenvalue weighted by molar-refractivity contribution is -0.132. The first kappa shape index (κ1) is 19.3. The summed E-state index contributed by atoms with van der Waals surface area (Å²) in [5.41, 5.74) is 1.56. The van der Waals surface area contributed by atoms with Crippen LogP contribution in [0.15, 0.2) is 51.6 Å². The Morgan fingerprint density at radius 1 is 1.14 bits per heavy atom. The Kier molecular flexibility index (Phi) is 6.00. The Morgan fingerprint density at radius 3 is 2.66 bits per heavy atom. The summed E-state index contributed by atoms with van der Waals surface area (Å²) in [6.45, 7) is 1.28. The molecule has 1 aromatic carbocycles. The number of nitrogens with one attached hydrogen (secondary N) is 1. The van der Waals surface area contributed by atoms with E-state index in [1.165, 1.54) is 0 Å². The van der Waals surface area contributed by atoms with E-state index in [1.807, 2.05) is 39.9 Å². The predicted molar refractivity (Wildman–Crippen MR) is 109 cm³/mol. The molecule has 3 heterocycles. The number of hydrogen-bond acceptors (Lipinski definition) is 6. The van der Waals surface area contributed by atoms with Crippen LogP contribution in [0.4, 0.5) is 0 Å². The van der Waals surface area contributed by atoms with E-state index in [1.54, 1.807) is 23.5 Å². The van der Waals surface area contributed by atoms with Crippen LogP contribution in [0.1, 0.15) is 35.5 Å². The van der Waals surface area contributed by atoms with Gasteiger partial charge >= 0.3 is 0 Å². The van der Waals surface area contributed by atoms with Gasteiger partial charge in [-0.1, -0.05) is 18.2 Å². The molecular formula is C21H22N4O3S. The third kappa shape index (κ3) is 4.89. The van der Waals surface area contributed by atoms with Crippen LogP contribution in [-0.4, -0.2) is 46.0 Å². The number of rotatable bonds is 6. The van der Waals surface area contributed by atoms with Gasteiger partial charge in [0.1, 0.15) is 0 Å². The lowest BCUT2D eigenvalue weighted by Crippen LogP contribution is -2.46. The number of amides is 2. The summed E-state index contributed by atoms with van der Waals surface area (Å²) in [5.74, 6) is 0.981. The van der Waals surface area contributed by atoms with Gasteiger partial charge in [-0.25, -0.2) is 0 Å². The number of nitrogens with zero attached hydrogens (tertiary/aromatic N) is 3. The molecule has 0 radical (unpaired) electrons. The molecule has 0 bridgehead atoms. The van der Waals surface area contributed by atoms with E-state index in [4.69, 9.17) is 4.42 Å². The lowest BCUT2D eigenvalue weighted by Gasteiger charge is -2.32. The quantitative estimate of drug-likeness (QED) is 0.674. The molecule has 29 heavy (non-hydrogen) atoms. The zero-order valence-corrected chi connectivity index (χ0v) is 16.7. The molecule has 0 atom stereocenters. The number of thiophene rings is 1.